The first-order chi connectivity index (χ1) is 13.6. The van der Waals surface area contributed by atoms with Gasteiger partial charge in [-0.3, -0.25) is 10.1 Å². The van der Waals surface area contributed by atoms with Crippen LogP contribution in [0.2, 0.25) is 0 Å². The number of anilines is 1. The van der Waals surface area contributed by atoms with Crippen molar-refractivity contribution in [3.05, 3.63) is 58.0 Å². The minimum atomic E-state index is -0.372. The number of non-ortho nitro benzene ring substituents is 1. The first-order valence-electron chi connectivity index (χ1n) is 8.85. The maximum absolute atomic E-state index is 11.0. The van der Waals surface area contributed by atoms with Gasteiger partial charge >= 0.3 is 0 Å². The van der Waals surface area contributed by atoms with Crippen LogP contribution in [-0.2, 0) is 13.0 Å². The molecule has 0 radical (unpaired) electrons. The Morgan fingerprint density at radius 3 is 2.93 bits per heavy atom. The summed E-state index contributed by atoms with van der Waals surface area (Å²) in [5.41, 5.74) is 2.80. The van der Waals surface area contributed by atoms with E-state index in [-0.39, 0.29) is 23.4 Å². The molecule has 0 N–H and O–H groups in total. The van der Waals surface area contributed by atoms with Crippen molar-refractivity contribution < 1.29 is 18.9 Å². The predicted octanol–water partition coefficient (Wildman–Crippen LogP) is 3.32. The molecule has 5 rings (SSSR count). The molecule has 0 amide bonds. The Kier molecular flexibility index (Phi) is 3.68. The highest BCUT2D eigenvalue weighted by Gasteiger charge is 2.29. The van der Waals surface area contributed by atoms with E-state index in [2.05, 4.69) is 22.0 Å². The molecule has 0 fully saturated rings. The summed E-state index contributed by atoms with van der Waals surface area (Å²) < 4.78 is 16.1. The third-order valence-electron chi connectivity index (χ3n) is 5.04. The molecule has 9 heteroatoms. The summed E-state index contributed by atoms with van der Waals surface area (Å²) in [6.07, 6.45) is 0.736. The first-order valence-corrected chi connectivity index (χ1v) is 8.85. The van der Waals surface area contributed by atoms with E-state index in [1.54, 1.807) is 12.1 Å². The standard InChI is InChI=1S/C19H16N4O5/c1-11-6-13-7-14(23(24)25)3-4-15(13)22(11)9-18-20-19(21-28-18)12-2-5-16-17(8-12)27-10-26-16/h2-5,7-8,11H,6,9-10H2,1H3. The van der Waals surface area contributed by atoms with Crippen LogP contribution in [0.1, 0.15) is 18.4 Å². The SMILES string of the molecule is CC1Cc2cc([N+](=O)[O-])ccc2N1Cc1nc(-c2ccc3c(c2)OCO3)no1. The van der Waals surface area contributed by atoms with Crippen LogP contribution in [0.3, 0.4) is 0 Å². The second kappa shape index (κ2) is 6.22. The van der Waals surface area contributed by atoms with E-state index < -0.39 is 0 Å². The zero-order chi connectivity index (χ0) is 19.3. The van der Waals surface area contributed by atoms with Crippen LogP contribution in [0.4, 0.5) is 11.4 Å². The highest BCUT2D eigenvalue weighted by Crippen LogP contribution is 2.37. The van der Waals surface area contributed by atoms with Gasteiger partial charge in [0, 0.05) is 29.4 Å². The van der Waals surface area contributed by atoms with Crippen molar-refractivity contribution in [2.24, 2.45) is 0 Å². The molecule has 2 aromatic carbocycles. The summed E-state index contributed by atoms with van der Waals surface area (Å²) in [6, 6.07) is 10.6. The van der Waals surface area contributed by atoms with E-state index in [9.17, 15) is 10.1 Å². The van der Waals surface area contributed by atoms with Gasteiger partial charge in [-0.05, 0) is 43.2 Å². The van der Waals surface area contributed by atoms with Crippen molar-refractivity contribution in [3.8, 4) is 22.9 Å². The van der Waals surface area contributed by atoms with Crippen molar-refractivity contribution in [1.82, 2.24) is 10.1 Å². The van der Waals surface area contributed by atoms with Gasteiger partial charge in [0.05, 0.1) is 11.5 Å². The Morgan fingerprint density at radius 1 is 1.21 bits per heavy atom. The van der Waals surface area contributed by atoms with E-state index in [1.807, 2.05) is 18.2 Å². The van der Waals surface area contributed by atoms with Gasteiger partial charge in [-0.15, -0.1) is 0 Å². The lowest BCUT2D eigenvalue weighted by Gasteiger charge is -2.22. The van der Waals surface area contributed by atoms with Crippen LogP contribution in [0.25, 0.3) is 11.4 Å². The summed E-state index contributed by atoms with van der Waals surface area (Å²) in [7, 11) is 0. The van der Waals surface area contributed by atoms with E-state index >= 15 is 0 Å². The lowest BCUT2D eigenvalue weighted by atomic mass is 10.1. The molecule has 9 nitrogen and oxygen atoms in total. The molecule has 0 saturated heterocycles. The molecule has 1 aromatic heterocycles. The monoisotopic (exact) mass is 380 g/mol. The van der Waals surface area contributed by atoms with Crippen molar-refractivity contribution in [2.45, 2.75) is 25.9 Å². The number of nitrogens with zero attached hydrogens (tertiary/aromatic N) is 4. The lowest BCUT2D eigenvalue weighted by Crippen LogP contribution is -2.28. The molecule has 1 atom stereocenters. The lowest BCUT2D eigenvalue weighted by molar-refractivity contribution is -0.384. The maximum atomic E-state index is 11.0. The van der Waals surface area contributed by atoms with Crippen LogP contribution < -0.4 is 14.4 Å². The molecule has 3 aromatic rings. The molecule has 0 bridgehead atoms. The highest BCUT2D eigenvalue weighted by molar-refractivity contribution is 5.63. The maximum Gasteiger partial charge on any atom is 0.269 e. The topological polar surface area (TPSA) is 104 Å². The number of hydrogen-bond donors (Lipinski definition) is 0. The Balaban J connectivity index is 1.39. The quantitative estimate of drug-likeness (QED) is 0.501. The zero-order valence-electron chi connectivity index (χ0n) is 15.0. The Morgan fingerprint density at radius 2 is 2.07 bits per heavy atom. The van der Waals surface area contributed by atoms with Crippen molar-refractivity contribution in [1.29, 1.82) is 0 Å². The third-order valence-corrected chi connectivity index (χ3v) is 5.04. The number of aromatic nitrogens is 2. The van der Waals surface area contributed by atoms with Crippen molar-refractivity contribution >= 4 is 11.4 Å². The second-order valence-electron chi connectivity index (χ2n) is 6.83. The summed E-state index contributed by atoms with van der Waals surface area (Å²) in [5.74, 6) is 2.31. The smallest absolute Gasteiger partial charge is 0.269 e. The number of ether oxygens (including phenoxy) is 2. The Bertz CT molecular complexity index is 1080. The molecule has 2 aliphatic heterocycles. The molecule has 28 heavy (non-hydrogen) atoms. The third kappa shape index (κ3) is 2.72. The van der Waals surface area contributed by atoms with Crippen LogP contribution in [-0.4, -0.2) is 27.9 Å². The molecule has 0 spiro atoms. The summed E-state index contributed by atoms with van der Waals surface area (Å²) in [5, 5.41) is 15.1. The van der Waals surface area contributed by atoms with Gasteiger partial charge < -0.3 is 18.9 Å². The fourth-order valence-corrected chi connectivity index (χ4v) is 3.65. The van der Waals surface area contributed by atoms with E-state index in [0.29, 0.717) is 29.8 Å². The molecule has 1 unspecified atom stereocenters. The fraction of sp³-hybridized carbons (Fsp3) is 0.263. The zero-order valence-corrected chi connectivity index (χ0v) is 15.0. The van der Waals surface area contributed by atoms with Crippen LogP contribution in [0, 0.1) is 10.1 Å². The number of fused-ring (bicyclic) bond motifs is 2. The Labute approximate surface area is 159 Å². The van der Waals surface area contributed by atoms with Gasteiger partial charge in [-0.2, -0.15) is 4.98 Å². The molecule has 0 aliphatic carbocycles. The van der Waals surface area contributed by atoms with Crippen molar-refractivity contribution in [2.75, 3.05) is 11.7 Å². The fourth-order valence-electron chi connectivity index (χ4n) is 3.65. The average Bonchev–Trinajstić information content (AvgIpc) is 3.40. The number of hydrogen-bond acceptors (Lipinski definition) is 8. The van der Waals surface area contributed by atoms with Gasteiger partial charge in [0.1, 0.15) is 0 Å². The number of nitro groups is 1. The van der Waals surface area contributed by atoms with E-state index in [0.717, 1.165) is 23.2 Å². The minimum absolute atomic E-state index is 0.107. The summed E-state index contributed by atoms with van der Waals surface area (Å²) >= 11 is 0. The molecular weight excluding hydrogens is 364 g/mol. The molecular formula is C19H16N4O5. The number of nitro benzene ring substituents is 1. The Hall–Kier alpha value is -3.62. The van der Waals surface area contributed by atoms with Crippen LogP contribution in [0.15, 0.2) is 40.9 Å². The number of benzene rings is 2. The molecule has 142 valence electrons. The summed E-state index contributed by atoms with van der Waals surface area (Å²) in [4.78, 5) is 17.3. The minimum Gasteiger partial charge on any atom is -0.454 e. The molecule has 2 aliphatic rings. The van der Waals surface area contributed by atoms with Crippen LogP contribution in [0.5, 0.6) is 11.5 Å². The van der Waals surface area contributed by atoms with E-state index in [4.69, 9.17) is 14.0 Å². The average molecular weight is 380 g/mol. The van der Waals surface area contributed by atoms with Gasteiger partial charge in [-0.1, -0.05) is 5.16 Å². The second-order valence-corrected chi connectivity index (χ2v) is 6.83. The predicted molar refractivity (Wildman–Crippen MR) is 98.3 cm³/mol. The van der Waals surface area contributed by atoms with Gasteiger partial charge in [0.25, 0.3) is 5.69 Å². The van der Waals surface area contributed by atoms with Crippen molar-refractivity contribution in [3.63, 3.8) is 0 Å². The number of rotatable bonds is 4. The summed E-state index contributed by atoms with van der Waals surface area (Å²) in [6.45, 7) is 2.71. The first kappa shape index (κ1) is 16.5. The molecule has 0 saturated carbocycles. The van der Waals surface area contributed by atoms with E-state index in [1.165, 1.54) is 6.07 Å². The van der Waals surface area contributed by atoms with Crippen LogP contribution >= 0.6 is 0 Å². The van der Waals surface area contributed by atoms with Gasteiger partial charge in [0.15, 0.2) is 11.5 Å². The largest absolute Gasteiger partial charge is 0.454 e. The normalized spacial score (nSPS) is 17.0. The van der Waals surface area contributed by atoms with Gasteiger partial charge in [0.2, 0.25) is 18.5 Å². The molecule has 3 heterocycles. The highest BCUT2D eigenvalue weighted by atomic mass is 16.7. The van der Waals surface area contributed by atoms with Gasteiger partial charge in [-0.25, -0.2) is 0 Å².